The van der Waals surface area contributed by atoms with Crippen molar-refractivity contribution < 1.29 is 29.4 Å². The van der Waals surface area contributed by atoms with Crippen molar-refractivity contribution in [3.8, 4) is 0 Å². The summed E-state index contributed by atoms with van der Waals surface area (Å²) in [5.41, 5.74) is 0.198. The molecule has 0 aliphatic carbocycles. The van der Waals surface area contributed by atoms with E-state index >= 15 is 0 Å². The minimum atomic E-state index is -1.39. The minimum Gasteiger partial charge on any atom is -0.478 e. The van der Waals surface area contributed by atoms with Crippen LogP contribution in [0.2, 0.25) is 0 Å². The molecular formula is C17H11NO6. The van der Waals surface area contributed by atoms with Gasteiger partial charge < -0.3 is 10.2 Å². The first kappa shape index (κ1) is 15.4. The van der Waals surface area contributed by atoms with Gasteiger partial charge >= 0.3 is 11.9 Å². The Kier molecular flexibility index (Phi) is 3.61. The fraction of sp³-hybridized carbons (Fsp3) is 0.0588. The molecule has 24 heavy (non-hydrogen) atoms. The number of nitrogens with zero attached hydrogens (tertiary/aromatic N) is 1. The second kappa shape index (κ2) is 5.62. The molecule has 1 aliphatic heterocycles. The fourth-order valence-corrected chi connectivity index (χ4v) is 2.62. The smallest absolute Gasteiger partial charge is 0.336 e. The van der Waals surface area contributed by atoms with Crippen LogP contribution in [0, 0.1) is 0 Å². The van der Waals surface area contributed by atoms with Crippen molar-refractivity contribution in [1.82, 2.24) is 4.90 Å². The molecule has 0 saturated carbocycles. The number of fused-ring (bicyclic) bond motifs is 1. The number of amides is 2. The van der Waals surface area contributed by atoms with Gasteiger partial charge in [0.25, 0.3) is 11.8 Å². The number of rotatable bonds is 4. The summed E-state index contributed by atoms with van der Waals surface area (Å²) in [7, 11) is 0. The number of carboxylic acid groups (broad SMARTS) is 2. The van der Waals surface area contributed by atoms with Crippen LogP contribution in [0.25, 0.3) is 0 Å². The largest absolute Gasteiger partial charge is 0.478 e. The van der Waals surface area contributed by atoms with Gasteiger partial charge in [-0.15, -0.1) is 0 Å². The van der Waals surface area contributed by atoms with Crippen molar-refractivity contribution in [1.29, 1.82) is 0 Å². The number of benzene rings is 2. The molecular weight excluding hydrogens is 314 g/mol. The predicted octanol–water partition coefficient (Wildman–Crippen LogP) is 1.88. The lowest BCUT2D eigenvalue weighted by Crippen LogP contribution is -2.29. The van der Waals surface area contributed by atoms with E-state index in [9.17, 15) is 19.2 Å². The number of hydrogen-bond donors (Lipinski definition) is 2. The van der Waals surface area contributed by atoms with Crippen LogP contribution in [0.3, 0.4) is 0 Å². The topological polar surface area (TPSA) is 112 Å². The summed E-state index contributed by atoms with van der Waals surface area (Å²) in [6.45, 7) is -0.132. The van der Waals surface area contributed by atoms with Crippen molar-refractivity contribution in [2.45, 2.75) is 6.54 Å². The first-order valence-electron chi connectivity index (χ1n) is 6.95. The van der Waals surface area contributed by atoms with Crippen LogP contribution in [0.15, 0.2) is 42.5 Å². The molecule has 2 amide bonds. The highest BCUT2D eigenvalue weighted by Gasteiger charge is 2.35. The lowest BCUT2D eigenvalue weighted by Gasteiger charge is -2.14. The summed E-state index contributed by atoms with van der Waals surface area (Å²) in [5.74, 6) is -3.68. The van der Waals surface area contributed by atoms with Gasteiger partial charge in [0.2, 0.25) is 0 Å². The van der Waals surface area contributed by atoms with E-state index in [0.717, 1.165) is 17.0 Å². The predicted molar refractivity (Wildman–Crippen MR) is 81.0 cm³/mol. The van der Waals surface area contributed by atoms with Gasteiger partial charge in [0.15, 0.2) is 0 Å². The molecule has 0 aromatic heterocycles. The molecule has 0 fully saturated rings. The number of carbonyl (C=O) groups is 4. The summed E-state index contributed by atoms with van der Waals surface area (Å²) in [4.78, 5) is 47.9. The fourth-order valence-electron chi connectivity index (χ4n) is 2.62. The lowest BCUT2D eigenvalue weighted by atomic mass is 10.0. The van der Waals surface area contributed by atoms with Gasteiger partial charge in [-0.2, -0.15) is 0 Å². The van der Waals surface area contributed by atoms with Crippen LogP contribution in [-0.4, -0.2) is 38.9 Å². The Morgan fingerprint density at radius 2 is 1.38 bits per heavy atom. The van der Waals surface area contributed by atoms with E-state index in [1.54, 1.807) is 24.3 Å². The normalized spacial score (nSPS) is 13.1. The summed E-state index contributed by atoms with van der Waals surface area (Å²) >= 11 is 0. The van der Waals surface area contributed by atoms with Crippen LogP contribution < -0.4 is 0 Å². The maximum absolute atomic E-state index is 12.3. The van der Waals surface area contributed by atoms with Crippen molar-refractivity contribution >= 4 is 23.8 Å². The minimum absolute atomic E-state index is 0.132. The van der Waals surface area contributed by atoms with Crippen LogP contribution in [0.5, 0.6) is 0 Å². The van der Waals surface area contributed by atoms with Crippen molar-refractivity contribution in [3.63, 3.8) is 0 Å². The molecule has 0 bridgehead atoms. The highest BCUT2D eigenvalue weighted by atomic mass is 16.4. The summed E-state index contributed by atoms with van der Waals surface area (Å²) in [5, 5.41) is 18.1. The maximum atomic E-state index is 12.3. The quantitative estimate of drug-likeness (QED) is 0.830. The third-order valence-corrected chi connectivity index (χ3v) is 3.76. The molecule has 0 unspecified atom stereocenters. The molecule has 1 aliphatic rings. The summed E-state index contributed by atoms with van der Waals surface area (Å²) in [6.07, 6.45) is 0. The SMILES string of the molecule is O=C(O)c1ccc(CN2C(=O)c3ccccc3C2=O)cc1C(=O)O. The Morgan fingerprint density at radius 3 is 1.88 bits per heavy atom. The van der Waals surface area contributed by atoms with Gasteiger partial charge in [-0.3, -0.25) is 14.5 Å². The third kappa shape index (κ3) is 2.41. The van der Waals surface area contributed by atoms with Crippen LogP contribution in [0.4, 0.5) is 0 Å². The lowest BCUT2D eigenvalue weighted by molar-refractivity contribution is 0.0637. The molecule has 0 radical (unpaired) electrons. The second-order valence-electron chi connectivity index (χ2n) is 5.23. The molecule has 2 aromatic rings. The van der Waals surface area contributed by atoms with E-state index in [-0.39, 0.29) is 12.1 Å². The second-order valence-corrected chi connectivity index (χ2v) is 5.23. The van der Waals surface area contributed by atoms with Gasteiger partial charge in [0, 0.05) is 0 Å². The van der Waals surface area contributed by atoms with E-state index in [0.29, 0.717) is 16.7 Å². The van der Waals surface area contributed by atoms with Crippen molar-refractivity contribution in [2.24, 2.45) is 0 Å². The highest BCUT2D eigenvalue weighted by molar-refractivity contribution is 6.21. The molecule has 1 heterocycles. The Morgan fingerprint density at radius 1 is 0.833 bits per heavy atom. The van der Waals surface area contributed by atoms with E-state index in [1.807, 2.05) is 0 Å². The van der Waals surface area contributed by atoms with E-state index in [2.05, 4.69) is 0 Å². The maximum Gasteiger partial charge on any atom is 0.336 e. The van der Waals surface area contributed by atoms with Crippen molar-refractivity contribution in [2.75, 3.05) is 0 Å². The number of carbonyl (C=O) groups excluding carboxylic acids is 2. The van der Waals surface area contributed by atoms with Gasteiger partial charge in [-0.1, -0.05) is 18.2 Å². The van der Waals surface area contributed by atoms with Gasteiger partial charge in [0.05, 0.1) is 28.8 Å². The molecule has 2 N–H and O–H groups in total. The first-order chi connectivity index (χ1) is 11.4. The average Bonchev–Trinajstić information content (AvgIpc) is 2.80. The van der Waals surface area contributed by atoms with E-state index < -0.39 is 29.3 Å². The van der Waals surface area contributed by atoms with Crippen LogP contribution in [0.1, 0.15) is 47.0 Å². The Balaban J connectivity index is 1.94. The van der Waals surface area contributed by atoms with Crippen LogP contribution >= 0.6 is 0 Å². The van der Waals surface area contributed by atoms with Crippen LogP contribution in [-0.2, 0) is 6.54 Å². The standard InChI is InChI=1S/C17H11NO6/c19-14-10-3-1-2-4-11(10)15(20)18(14)8-9-5-6-12(16(21)22)13(7-9)17(23)24/h1-7H,8H2,(H,21,22)(H,23,24). The Bertz CT molecular complexity index is 867. The molecule has 2 aromatic carbocycles. The monoisotopic (exact) mass is 325 g/mol. The molecule has 7 heteroatoms. The Hall–Kier alpha value is -3.48. The zero-order valence-corrected chi connectivity index (χ0v) is 12.2. The number of carboxylic acids is 2. The highest BCUT2D eigenvalue weighted by Crippen LogP contribution is 2.25. The zero-order chi connectivity index (χ0) is 17.4. The van der Waals surface area contributed by atoms with Gasteiger partial charge in [-0.05, 0) is 29.8 Å². The molecule has 120 valence electrons. The Labute approximate surface area is 135 Å². The third-order valence-electron chi connectivity index (χ3n) is 3.76. The summed E-state index contributed by atoms with van der Waals surface area (Å²) in [6, 6.07) is 10.1. The number of hydrogen-bond acceptors (Lipinski definition) is 4. The molecule has 0 atom stereocenters. The molecule has 7 nitrogen and oxygen atoms in total. The first-order valence-corrected chi connectivity index (χ1v) is 6.95. The molecule has 3 rings (SSSR count). The van der Waals surface area contributed by atoms with Gasteiger partial charge in [0.1, 0.15) is 0 Å². The van der Waals surface area contributed by atoms with E-state index in [4.69, 9.17) is 10.2 Å². The molecule has 0 spiro atoms. The zero-order valence-electron chi connectivity index (χ0n) is 12.2. The van der Waals surface area contributed by atoms with E-state index in [1.165, 1.54) is 6.07 Å². The number of imide groups is 1. The molecule has 0 saturated heterocycles. The van der Waals surface area contributed by atoms with Crippen molar-refractivity contribution in [3.05, 3.63) is 70.3 Å². The summed E-state index contributed by atoms with van der Waals surface area (Å²) < 4.78 is 0. The average molecular weight is 325 g/mol. The number of aromatic carboxylic acids is 2. The van der Waals surface area contributed by atoms with Gasteiger partial charge in [-0.25, -0.2) is 9.59 Å².